The van der Waals surface area contributed by atoms with Crippen LogP contribution in [0.5, 0.6) is 0 Å². The Labute approximate surface area is 89.9 Å². The number of nitrogens with zero attached hydrogens (tertiary/aromatic N) is 2. The summed E-state index contributed by atoms with van der Waals surface area (Å²) in [7, 11) is 0. The third-order valence-corrected chi connectivity index (χ3v) is 3.07. The molecule has 84 valence electrons. The predicted octanol–water partition coefficient (Wildman–Crippen LogP) is 0.840. The molecule has 0 aliphatic carbocycles. The SMILES string of the molecule is CC(C)n1ccn(CCC2CNC2)c1=O. The van der Waals surface area contributed by atoms with Crippen molar-refractivity contribution in [3.8, 4) is 0 Å². The minimum Gasteiger partial charge on any atom is -0.316 e. The summed E-state index contributed by atoms with van der Waals surface area (Å²) in [5.74, 6) is 0.763. The molecule has 0 radical (unpaired) electrons. The van der Waals surface area contributed by atoms with Gasteiger partial charge in [0, 0.05) is 25.0 Å². The number of hydrogen-bond acceptors (Lipinski definition) is 2. The number of rotatable bonds is 4. The molecular formula is C11H19N3O. The molecule has 0 aromatic carbocycles. The van der Waals surface area contributed by atoms with Gasteiger partial charge in [0.25, 0.3) is 0 Å². The number of imidazole rings is 1. The lowest BCUT2D eigenvalue weighted by Gasteiger charge is -2.26. The van der Waals surface area contributed by atoms with Crippen molar-refractivity contribution in [1.82, 2.24) is 14.5 Å². The van der Waals surface area contributed by atoms with Gasteiger partial charge in [-0.25, -0.2) is 4.79 Å². The molecule has 4 nitrogen and oxygen atoms in total. The largest absolute Gasteiger partial charge is 0.328 e. The van der Waals surface area contributed by atoms with Crippen LogP contribution in [-0.4, -0.2) is 22.2 Å². The van der Waals surface area contributed by atoms with Gasteiger partial charge in [0.1, 0.15) is 0 Å². The molecule has 0 unspecified atom stereocenters. The van der Waals surface area contributed by atoms with E-state index < -0.39 is 0 Å². The molecule has 2 rings (SSSR count). The van der Waals surface area contributed by atoms with E-state index in [0.29, 0.717) is 0 Å². The van der Waals surface area contributed by atoms with Crippen LogP contribution in [0, 0.1) is 5.92 Å². The van der Waals surface area contributed by atoms with Crippen LogP contribution in [0.15, 0.2) is 17.2 Å². The Balaban J connectivity index is 1.99. The van der Waals surface area contributed by atoms with Crippen LogP contribution in [-0.2, 0) is 6.54 Å². The quantitative estimate of drug-likeness (QED) is 0.798. The van der Waals surface area contributed by atoms with Crippen molar-refractivity contribution >= 4 is 0 Å². The first-order valence-corrected chi connectivity index (χ1v) is 5.66. The van der Waals surface area contributed by atoms with Gasteiger partial charge in [-0.2, -0.15) is 0 Å². The number of nitrogens with one attached hydrogen (secondary N) is 1. The van der Waals surface area contributed by atoms with Crippen molar-refractivity contribution in [2.75, 3.05) is 13.1 Å². The molecule has 0 bridgehead atoms. The monoisotopic (exact) mass is 209 g/mol. The van der Waals surface area contributed by atoms with Gasteiger partial charge >= 0.3 is 5.69 Å². The number of hydrogen-bond donors (Lipinski definition) is 1. The fraction of sp³-hybridized carbons (Fsp3) is 0.727. The van der Waals surface area contributed by atoms with Gasteiger partial charge in [-0.15, -0.1) is 0 Å². The summed E-state index contributed by atoms with van der Waals surface area (Å²) >= 11 is 0. The molecule has 1 aromatic rings. The third kappa shape index (κ3) is 2.15. The summed E-state index contributed by atoms with van der Waals surface area (Å²) in [5.41, 5.74) is 0.122. The molecule has 1 fully saturated rings. The Bertz CT molecular complexity index is 373. The van der Waals surface area contributed by atoms with E-state index in [0.717, 1.165) is 32.0 Å². The van der Waals surface area contributed by atoms with E-state index in [2.05, 4.69) is 5.32 Å². The van der Waals surface area contributed by atoms with E-state index >= 15 is 0 Å². The van der Waals surface area contributed by atoms with E-state index in [1.165, 1.54) is 0 Å². The van der Waals surface area contributed by atoms with Crippen molar-refractivity contribution in [2.24, 2.45) is 5.92 Å². The van der Waals surface area contributed by atoms with Crippen molar-refractivity contribution in [3.63, 3.8) is 0 Å². The normalized spacial score (nSPS) is 17.0. The van der Waals surface area contributed by atoms with Gasteiger partial charge in [-0.3, -0.25) is 9.13 Å². The van der Waals surface area contributed by atoms with Crippen molar-refractivity contribution in [1.29, 1.82) is 0 Å². The number of aromatic nitrogens is 2. The second-order valence-electron chi connectivity index (χ2n) is 4.59. The maximum absolute atomic E-state index is 11.8. The van der Waals surface area contributed by atoms with Gasteiger partial charge in [0.2, 0.25) is 0 Å². The average Bonchev–Trinajstić information content (AvgIpc) is 2.45. The Morgan fingerprint density at radius 1 is 1.47 bits per heavy atom. The lowest BCUT2D eigenvalue weighted by Crippen LogP contribution is -2.42. The van der Waals surface area contributed by atoms with E-state index in [9.17, 15) is 4.79 Å². The van der Waals surface area contributed by atoms with Crippen LogP contribution in [0.3, 0.4) is 0 Å². The van der Waals surface area contributed by atoms with Crippen molar-refractivity contribution in [3.05, 3.63) is 22.9 Å². The highest BCUT2D eigenvalue weighted by Gasteiger charge is 2.16. The lowest BCUT2D eigenvalue weighted by molar-refractivity contribution is 0.310. The predicted molar refractivity (Wildman–Crippen MR) is 60.1 cm³/mol. The first-order valence-electron chi connectivity index (χ1n) is 5.66. The van der Waals surface area contributed by atoms with Crippen LogP contribution in [0.4, 0.5) is 0 Å². The number of aryl methyl sites for hydroxylation is 1. The Morgan fingerprint density at radius 2 is 2.20 bits per heavy atom. The van der Waals surface area contributed by atoms with Gasteiger partial charge in [0.15, 0.2) is 0 Å². The summed E-state index contributed by atoms with van der Waals surface area (Å²) in [6.45, 7) is 7.13. The molecule has 1 saturated heterocycles. The molecular weight excluding hydrogens is 190 g/mol. The molecule has 2 heterocycles. The molecule has 1 aromatic heterocycles. The summed E-state index contributed by atoms with van der Waals surface area (Å²) in [6, 6.07) is 0.254. The third-order valence-electron chi connectivity index (χ3n) is 3.07. The maximum atomic E-state index is 11.8. The van der Waals surface area contributed by atoms with Gasteiger partial charge in [-0.1, -0.05) is 0 Å². The molecule has 1 N–H and O–H groups in total. The van der Waals surface area contributed by atoms with E-state index in [1.807, 2.05) is 30.8 Å². The minimum atomic E-state index is 0.122. The van der Waals surface area contributed by atoms with Crippen LogP contribution in [0.1, 0.15) is 26.3 Å². The van der Waals surface area contributed by atoms with Crippen LogP contribution in [0.2, 0.25) is 0 Å². The first-order chi connectivity index (χ1) is 7.18. The molecule has 4 heteroatoms. The zero-order chi connectivity index (χ0) is 10.8. The summed E-state index contributed by atoms with van der Waals surface area (Å²) in [4.78, 5) is 11.8. The van der Waals surface area contributed by atoms with Crippen molar-refractivity contribution < 1.29 is 0 Å². The Hall–Kier alpha value is -1.03. The van der Waals surface area contributed by atoms with Crippen LogP contribution >= 0.6 is 0 Å². The summed E-state index contributed by atoms with van der Waals surface area (Å²) in [6.07, 6.45) is 4.88. The molecule has 0 saturated carbocycles. The Kier molecular flexibility index (Phi) is 2.95. The maximum Gasteiger partial charge on any atom is 0.328 e. The summed E-state index contributed by atoms with van der Waals surface area (Å²) in [5, 5.41) is 3.24. The molecule has 15 heavy (non-hydrogen) atoms. The second kappa shape index (κ2) is 4.23. The van der Waals surface area contributed by atoms with Gasteiger partial charge < -0.3 is 5.32 Å². The smallest absolute Gasteiger partial charge is 0.316 e. The zero-order valence-electron chi connectivity index (χ0n) is 9.44. The average molecular weight is 209 g/mol. The van der Waals surface area contributed by atoms with Gasteiger partial charge in [-0.05, 0) is 39.3 Å². The van der Waals surface area contributed by atoms with E-state index in [-0.39, 0.29) is 11.7 Å². The van der Waals surface area contributed by atoms with E-state index in [1.54, 1.807) is 4.57 Å². The van der Waals surface area contributed by atoms with E-state index in [4.69, 9.17) is 0 Å². The van der Waals surface area contributed by atoms with Crippen LogP contribution < -0.4 is 11.0 Å². The topological polar surface area (TPSA) is 39.0 Å². The lowest BCUT2D eigenvalue weighted by atomic mass is 10.00. The highest BCUT2D eigenvalue weighted by atomic mass is 16.1. The van der Waals surface area contributed by atoms with Crippen LogP contribution in [0.25, 0.3) is 0 Å². The first kappa shape index (κ1) is 10.5. The molecule has 0 atom stereocenters. The molecule has 0 amide bonds. The highest BCUT2D eigenvalue weighted by molar-refractivity contribution is 4.84. The fourth-order valence-corrected chi connectivity index (χ4v) is 1.87. The molecule has 1 aliphatic heterocycles. The minimum absolute atomic E-state index is 0.122. The van der Waals surface area contributed by atoms with Crippen molar-refractivity contribution in [2.45, 2.75) is 32.9 Å². The molecule has 1 aliphatic rings. The standard InChI is InChI=1S/C11H19N3O/c1-9(2)14-6-5-13(11(14)15)4-3-10-7-12-8-10/h5-6,9-10,12H,3-4,7-8H2,1-2H3. The zero-order valence-corrected chi connectivity index (χ0v) is 9.44. The highest BCUT2D eigenvalue weighted by Crippen LogP contribution is 2.09. The van der Waals surface area contributed by atoms with Gasteiger partial charge in [0.05, 0.1) is 0 Å². The Morgan fingerprint density at radius 3 is 2.67 bits per heavy atom. The fourth-order valence-electron chi connectivity index (χ4n) is 1.87. The second-order valence-corrected chi connectivity index (χ2v) is 4.59. The summed E-state index contributed by atoms with van der Waals surface area (Å²) < 4.78 is 3.59. The molecule has 0 spiro atoms.